The van der Waals surface area contributed by atoms with Gasteiger partial charge in [0.2, 0.25) is 0 Å². The van der Waals surface area contributed by atoms with Gasteiger partial charge in [0.05, 0.1) is 19.5 Å². The van der Waals surface area contributed by atoms with Crippen molar-refractivity contribution in [2.24, 2.45) is 0 Å². The van der Waals surface area contributed by atoms with Crippen LogP contribution in [0.5, 0.6) is 0 Å². The molecular weight excluding hydrogens is 160 g/mol. The van der Waals surface area contributed by atoms with Crippen LogP contribution in [0.1, 0.15) is 0 Å². The molecule has 0 bridgehead atoms. The maximum Gasteiger partial charge on any atom is 0.264 e. The summed E-state index contributed by atoms with van der Waals surface area (Å²) in [7, 11) is -3.50. The minimum Gasteiger partial charge on any atom is -0.394 e. The Kier molecular flexibility index (Phi) is 3.80. The summed E-state index contributed by atoms with van der Waals surface area (Å²) < 4.78 is 24.6. The van der Waals surface area contributed by atoms with Gasteiger partial charge in [-0.15, -0.1) is 0 Å². The largest absolute Gasteiger partial charge is 0.394 e. The molecule has 0 aromatic carbocycles. The number of hydrogen-bond acceptors (Lipinski definition) is 5. The number of aliphatic hydroxyl groups excluding tert-OH is 2. The van der Waals surface area contributed by atoms with Gasteiger partial charge >= 0.3 is 0 Å². The second-order valence-corrected chi connectivity index (χ2v) is 3.47. The van der Waals surface area contributed by atoms with Crippen LogP contribution >= 0.6 is 0 Å². The van der Waals surface area contributed by atoms with E-state index in [0.717, 1.165) is 6.26 Å². The summed E-state index contributed by atoms with van der Waals surface area (Å²) in [5.74, 6) is 0. The fourth-order valence-electron chi connectivity index (χ4n) is 0.255. The van der Waals surface area contributed by atoms with E-state index in [2.05, 4.69) is 4.18 Å². The van der Waals surface area contributed by atoms with E-state index in [1.54, 1.807) is 0 Å². The van der Waals surface area contributed by atoms with Gasteiger partial charge in [-0.25, -0.2) is 0 Å². The Morgan fingerprint density at radius 2 is 2.10 bits per heavy atom. The number of hydrogen-bond donors (Lipinski definition) is 2. The topological polar surface area (TPSA) is 83.8 Å². The first-order chi connectivity index (χ1) is 4.45. The van der Waals surface area contributed by atoms with Crippen LogP contribution in [0.15, 0.2) is 0 Å². The van der Waals surface area contributed by atoms with Crippen molar-refractivity contribution < 1.29 is 22.8 Å². The van der Waals surface area contributed by atoms with E-state index >= 15 is 0 Å². The Morgan fingerprint density at radius 3 is 2.40 bits per heavy atom. The second kappa shape index (κ2) is 3.87. The Labute approximate surface area is 59.4 Å². The van der Waals surface area contributed by atoms with E-state index in [-0.39, 0.29) is 0 Å². The highest BCUT2D eigenvalue weighted by Crippen LogP contribution is 1.89. The van der Waals surface area contributed by atoms with Crippen molar-refractivity contribution in [1.82, 2.24) is 0 Å². The molecule has 62 valence electrons. The van der Waals surface area contributed by atoms with E-state index in [9.17, 15) is 8.42 Å². The van der Waals surface area contributed by atoms with Gasteiger partial charge in [0, 0.05) is 0 Å². The third kappa shape index (κ3) is 5.96. The summed E-state index contributed by atoms with van der Waals surface area (Å²) in [6.07, 6.45) is -0.258. The summed E-state index contributed by atoms with van der Waals surface area (Å²) in [4.78, 5) is 0. The molecule has 0 amide bonds. The third-order valence-electron chi connectivity index (χ3n) is 0.685. The predicted octanol–water partition coefficient (Wildman–Crippen LogP) is -1.68. The van der Waals surface area contributed by atoms with Gasteiger partial charge in [0.1, 0.15) is 6.10 Å². The molecular formula is C4H10O5S. The molecule has 0 aliphatic carbocycles. The molecule has 0 saturated heterocycles. The van der Waals surface area contributed by atoms with E-state index in [1.165, 1.54) is 0 Å². The molecule has 5 nitrogen and oxygen atoms in total. The first-order valence-electron chi connectivity index (χ1n) is 2.59. The van der Waals surface area contributed by atoms with Crippen LogP contribution in [0, 0.1) is 0 Å². The third-order valence-corrected chi connectivity index (χ3v) is 1.25. The van der Waals surface area contributed by atoms with Crippen LogP contribution in [-0.2, 0) is 14.3 Å². The molecule has 0 rings (SSSR count). The number of rotatable bonds is 4. The number of aliphatic hydroxyl groups is 2. The lowest BCUT2D eigenvalue weighted by molar-refractivity contribution is 0.0560. The highest BCUT2D eigenvalue weighted by Gasteiger charge is 2.06. The van der Waals surface area contributed by atoms with Crippen LogP contribution in [0.2, 0.25) is 0 Å². The standard InChI is InChI=1S/C4H10O5S/c1-10(7,8)9-3-4(6)2-5/h4-6H,2-3H2,1H3/t4-/m1/s1. The quantitative estimate of drug-likeness (QED) is 0.492. The Morgan fingerprint density at radius 1 is 1.60 bits per heavy atom. The Balaban J connectivity index is 3.56. The molecule has 1 atom stereocenters. The lowest BCUT2D eigenvalue weighted by Crippen LogP contribution is -2.21. The van der Waals surface area contributed by atoms with Crippen molar-refractivity contribution >= 4 is 10.1 Å². The minimum atomic E-state index is -3.50. The van der Waals surface area contributed by atoms with Gasteiger partial charge in [-0.1, -0.05) is 0 Å². The smallest absolute Gasteiger partial charge is 0.264 e. The molecule has 0 aliphatic heterocycles. The second-order valence-electron chi connectivity index (χ2n) is 1.83. The van der Waals surface area contributed by atoms with Crippen molar-refractivity contribution in [1.29, 1.82) is 0 Å². The van der Waals surface area contributed by atoms with E-state index in [4.69, 9.17) is 10.2 Å². The zero-order valence-corrected chi connectivity index (χ0v) is 6.34. The van der Waals surface area contributed by atoms with E-state index in [1.807, 2.05) is 0 Å². The molecule has 2 N–H and O–H groups in total. The average molecular weight is 170 g/mol. The molecule has 0 aliphatic rings. The lowest BCUT2D eigenvalue weighted by atomic mass is 10.4. The highest BCUT2D eigenvalue weighted by atomic mass is 32.2. The Hall–Kier alpha value is -0.170. The molecule has 0 aromatic heterocycles. The first kappa shape index (κ1) is 9.83. The molecule has 0 unspecified atom stereocenters. The van der Waals surface area contributed by atoms with Crippen LogP contribution in [0.3, 0.4) is 0 Å². The lowest BCUT2D eigenvalue weighted by Gasteiger charge is -2.04. The maximum absolute atomic E-state index is 10.2. The van der Waals surface area contributed by atoms with Gasteiger partial charge < -0.3 is 10.2 Å². The highest BCUT2D eigenvalue weighted by molar-refractivity contribution is 7.85. The summed E-state index contributed by atoms with van der Waals surface area (Å²) in [6.45, 7) is -0.898. The van der Waals surface area contributed by atoms with E-state index in [0.29, 0.717) is 0 Å². The SMILES string of the molecule is CS(=O)(=O)OC[C@H](O)CO. The molecule has 0 aromatic rings. The molecule has 10 heavy (non-hydrogen) atoms. The van der Waals surface area contributed by atoms with Crippen molar-refractivity contribution in [2.75, 3.05) is 19.5 Å². The normalized spacial score (nSPS) is 15.1. The zero-order chi connectivity index (χ0) is 8.20. The van der Waals surface area contributed by atoms with Crippen molar-refractivity contribution in [3.05, 3.63) is 0 Å². The monoisotopic (exact) mass is 170 g/mol. The molecule has 0 saturated carbocycles. The fraction of sp³-hybridized carbons (Fsp3) is 1.00. The molecule has 6 heteroatoms. The summed E-state index contributed by atoms with van der Waals surface area (Å²) in [5.41, 5.74) is 0. The molecule has 0 heterocycles. The summed E-state index contributed by atoms with van der Waals surface area (Å²) in [5, 5.41) is 16.8. The summed E-state index contributed by atoms with van der Waals surface area (Å²) >= 11 is 0. The zero-order valence-electron chi connectivity index (χ0n) is 5.52. The average Bonchev–Trinajstić information content (AvgIpc) is 1.81. The maximum atomic E-state index is 10.2. The first-order valence-corrected chi connectivity index (χ1v) is 4.40. The van der Waals surface area contributed by atoms with Crippen molar-refractivity contribution in [3.63, 3.8) is 0 Å². The van der Waals surface area contributed by atoms with E-state index < -0.39 is 29.4 Å². The predicted molar refractivity (Wildman–Crippen MR) is 33.9 cm³/mol. The van der Waals surface area contributed by atoms with Crippen LogP contribution in [0.25, 0.3) is 0 Å². The summed E-state index contributed by atoms with van der Waals surface area (Å²) in [6, 6.07) is 0. The van der Waals surface area contributed by atoms with Gasteiger partial charge in [0.25, 0.3) is 10.1 Å². The van der Waals surface area contributed by atoms with Crippen molar-refractivity contribution in [3.8, 4) is 0 Å². The molecule has 0 radical (unpaired) electrons. The molecule has 0 spiro atoms. The van der Waals surface area contributed by atoms with Gasteiger partial charge in [-0.3, -0.25) is 4.18 Å². The Bertz CT molecular complexity index is 172. The van der Waals surface area contributed by atoms with Crippen LogP contribution in [-0.4, -0.2) is 44.2 Å². The van der Waals surface area contributed by atoms with Crippen LogP contribution < -0.4 is 0 Å². The fourth-order valence-corrected chi connectivity index (χ4v) is 0.659. The molecule has 0 fully saturated rings. The van der Waals surface area contributed by atoms with Crippen LogP contribution in [0.4, 0.5) is 0 Å². The minimum absolute atomic E-state index is 0.394. The van der Waals surface area contributed by atoms with Gasteiger partial charge in [0.15, 0.2) is 0 Å². The van der Waals surface area contributed by atoms with Crippen molar-refractivity contribution in [2.45, 2.75) is 6.10 Å². The van der Waals surface area contributed by atoms with Gasteiger partial charge in [-0.2, -0.15) is 8.42 Å². The van der Waals surface area contributed by atoms with Gasteiger partial charge in [-0.05, 0) is 0 Å².